The molecule has 0 saturated heterocycles. The third-order valence-electron chi connectivity index (χ3n) is 3.08. The second-order valence-electron chi connectivity index (χ2n) is 4.67. The molecule has 0 aliphatic rings. The van der Waals surface area contributed by atoms with Crippen molar-refractivity contribution in [2.75, 3.05) is 0 Å². The summed E-state index contributed by atoms with van der Waals surface area (Å²) < 4.78 is 3.88. The lowest BCUT2D eigenvalue weighted by molar-refractivity contribution is 0.474. The number of aromatic hydroxyl groups is 1. The number of phenols is 1. The molecule has 6 N–H and O–H groups in total. The number of halogens is 1. The van der Waals surface area contributed by atoms with Gasteiger partial charge < -0.3 is 22.0 Å². The molecule has 21 heavy (non-hydrogen) atoms. The molecule has 0 amide bonds. The highest BCUT2D eigenvalue weighted by Gasteiger charge is 2.09. The molecule has 5 nitrogen and oxygen atoms in total. The highest BCUT2D eigenvalue weighted by molar-refractivity contribution is 14.1. The van der Waals surface area contributed by atoms with Gasteiger partial charge in [-0.05, 0) is 37.6 Å². The van der Waals surface area contributed by atoms with E-state index in [1.54, 1.807) is 30.5 Å². The van der Waals surface area contributed by atoms with Crippen LogP contribution < -0.4 is 11.5 Å². The fraction of sp³-hybridized carbons (Fsp3) is 0.200. The summed E-state index contributed by atoms with van der Waals surface area (Å²) >= 11 is 1.85. The molecule has 0 saturated carbocycles. The van der Waals surface area contributed by atoms with Gasteiger partial charge in [0.15, 0.2) is 0 Å². The van der Waals surface area contributed by atoms with E-state index in [-0.39, 0.29) is 17.5 Å². The Morgan fingerprint density at radius 3 is 2.62 bits per heavy atom. The maximum atomic E-state index is 10.1. The lowest BCUT2D eigenvalue weighted by Crippen LogP contribution is -2.17. The highest BCUT2D eigenvalue weighted by Crippen LogP contribution is 2.24. The van der Waals surface area contributed by atoms with Gasteiger partial charge in [0.05, 0.1) is 28.6 Å². The average molecular weight is 398 g/mol. The fourth-order valence-electron chi connectivity index (χ4n) is 1.64. The molecule has 0 spiro atoms. The number of nitrogens with zero attached hydrogens (tertiary/aromatic N) is 1. The second-order valence-corrected chi connectivity index (χ2v) is 5.23. The minimum atomic E-state index is -0.126. The van der Waals surface area contributed by atoms with E-state index in [0.29, 0.717) is 11.1 Å². The molecule has 1 aromatic carbocycles. The van der Waals surface area contributed by atoms with Crippen molar-refractivity contribution in [3.8, 4) is 5.75 Å². The Balaban J connectivity index is 3.15. The molecule has 0 heterocycles. The summed E-state index contributed by atoms with van der Waals surface area (Å²) in [7, 11) is 0. The molecule has 1 rings (SSSR count). The van der Waals surface area contributed by atoms with E-state index >= 15 is 0 Å². The molecule has 0 unspecified atom stereocenters. The molecule has 1 aromatic rings. The number of hydrogen-bond donors (Lipinski definition) is 4. The molecule has 0 aromatic heterocycles. The molecule has 0 aliphatic heterocycles. The van der Waals surface area contributed by atoms with Crippen molar-refractivity contribution in [1.29, 1.82) is 5.41 Å². The number of hydrogen-bond acceptors (Lipinski definition) is 5. The number of allylic oxidation sites excluding steroid dienone is 2. The lowest BCUT2D eigenvalue weighted by atomic mass is 10.00. The number of phenolic OH excluding ortho intramolecular Hbond substituents is 1. The van der Waals surface area contributed by atoms with E-state index < -0.39 is 0 Å². The van der Waals surface area contributed by atoms with Gasteiger partial charge in [-0.15, -0.1) is 0 Å². The van der Waals surface area contributed by atoms with Crippen molar-refractivity contribution >= 4 is 40.4 Å². The van der Waals surface area contributed by atoms with E-state index in [2.05, 4.69) is 3.21 Å². The zero-order valence-electron chi connectivity index (χ0n) is 12.0. The van der Waals surface area contributed by atoms with Crippen LogP contribution in [-0.4, -0.2) is 23.1 Å². The van der Waals surface area contributed by atoms with E-state index in [0.717, 1.165) is 11.1 Å². The summed E-state index contributed by atoms with van der Waals surface area (Å²) in [6, 6.07) is 4.91. The van der Waals surface area contributed by atoms with Crippen LogP contribution in [0.2, 0.25) is 0 Å². The maximum absolute atomic E-state index is 10.1. The summed E-state index contributed by atoms with van der Waals surface area (Å²) in [4.78, 5) is 0. The topological polar surface area (TPSA) is 108 Å². The Hall–Kier alpha value is -1.67. The van der Waals surface area contributed by atoms with Crippen molar-refractivity contribution in [3.63, 3.8) is 0 Å². The SMILES string of the molecule is C/C(=C/C(=N)c1ccc(C(C=NI)=CN)cc1O)[C@@H](C)N. The van der Waals surface area contributed by atoms with Gasteiger partial charge in [0.1, 0.15) is 5.75 Å². The molecule has 0 fully saturated rings. The standard InChI is InChI=1S/C15H19IN4O/c1-9(10(2)18)5-14(19)13-4-3-11(6-15(13)21)12(7-17)8-20-16/h3-8,10,19,21H,17-18H2,1-2H3/b9-5-,12-7?,19-14?,20-8?/t10-/m1/s1. The average Bonchev–Trinajstić information content (AvgIpc) is 2.44. The third kappa shape index (κ3) is 4.68. The normalized spacial score (nSPS) is 14.5. The quantitative estimate of drug-likeness (QED) is 0.452. The molecule has 6 heteroatoms. The summed E-state index contributed by atoms with van der Waals surface area (Å²) in [6.45, 7) is 3.71. The minimum absolute atomic E-state index is 0.0208. The van der Waals surface area contributed by atoms with Crippen molar-refractivity contribution in [3.05, 3.63) is 47.2 Å². The predicted molar refractivity (Wildman–Crippen MR) is 97.0 cm³/mol. The number of nitrogens with two attached hydrogens (primary N) is 2. The molecule has 112 valence electrons. The summed E-state index contributed by atoms with van der Waals surface area (Å²) in [6.07, 6.45) is 4.67. The number of rotatable bonds is 5. The maximum Gasteiger partial charge on any atom is 0.125 e. The first-order chi connectivity index (χ1) is 9.90. The van der Waals surface area contributed by atoms with Crippen molar-refractivity contribution in [2.24, 2.45) is 14.7 Å². The van der Waals surface area contributed by atoms with Gasteiger partial charge in [-0.25, -0.2) is 3.21 Å². The molecular formula is C15H19IN4O. The smallest absolute Gasteiger partial charge is 0.125 e. The Morgan fingerprint density at radius 1 is 1.48 bits per heavy atom. The third-order valence-corrected chi connectivity index (χ3v) is 3.36. The fourth-order valence-corrected chi connectivity index (χ4v) is 1.94. The molecule has 0 bridgehead atoms. The number of nitrogens with one attached hydrogen (secondary N) is 1. The van der Waals surface area contributed by atoms with Crippen LogP contribution in [0.25, 0.3) is 5.57 Å². The molecule has 1 atom stereocenters. The van der Waals surface area contributed by atoms with Gasteiger partial charge >= 0.3 is 0 Å². The van der Waals surface area contributed by atoms with Crippen molar-refractivity contribution in [2.45, 2.75) is 19.9 Å². The Morgan fingerprint density at radius 2 is 2.14 bits per heavy atom. The monoisotopic (exact) mass is 398 g/mol. The van der Waals surface area contributed by atoms with Crippen LogP contribution >= 0.6 is 22.9 Å². The van der Waals surface area contributed by atoms with Crippen LogP contribution in [0.3, 0.4) is 0 Å². The minimum Gasteiger partial charge on any atom is -0.507 e. The first-order valence-corrected chi connectivity index (χ1v) is 7.29. The zero-order valence-corrected chi connectivity index (χ0v) is 14.1. The Labute approximate surface area is 138 Å². The van der Waals surface area contributed by atoms with Gasteiger partial charge in [0, 0.05) is 29.6 Å². The molecular weight excluding hydrogens is 379 g/mol. The van der Waals surface area contributed by atoms with Gasteiger partial charge in [-0.1, -0.05) is 11.6 Å². The first-order valence-electron chi connectivity index (χ1n) is 6.33. The predicted octanol–water partition coefficient (Wildman–Crippen LogP) is 2.77. The summed E-state index contributed by atoms with van der Waals surface area (Å²) in [5.41, 5.74) is 14.3. The van der Waals surface area contributed by atoms with Crippen LogP contribution in [0.1, 0.15) is 25.0 Å². The second kappa shape index (κ2) is 7.94. The zero-order chi connectivity index (χ0) is 16.0. The Kier molecular flexibility index (Phi) is 6.57. The van der Waals surface area contributed by atoms with Crippen LogP contribution in [0, 0.1) is 5.41 Å². The van der Waals surface area contributed by atoms with E-state index in [1.165, 1.54) is 6.20 Å². The van der Waals surface area contributed by atoms with Crippen molar-refractivity contribution in [1.82, 2.24) is 0 Å². The Bertz CT molecular complexity index is 618. The molecule has 0 aliphatic carbocycles. The van der Waals surface area contributed by atoms with Crippen LogP contribution in [0.4, 0.5) is 0 Å². The highest BCUT2D eigenvalue weighted by atomic mass is 127. The van der Waals surface area contributed by atoms with Gasteiger partial charge in [-0.3, -0.25) is 0 Å². The number of benzene rings is 1. The lowest BCUT2D eigenvalue weighted by Gasteiger charge is -2.09. The largest absolute Gasteiger partial charge is 0.507 e. The van der Waals surface area contributed by atoms with Gasteiger partial charge in [-0.2, -0.15) is 0 Å². The first kappa shape index (κ1) is 17.4. The summed E-state index contributed by atoms with van der Waals surface area (Å²) in [5, 5.41) is 18.1. The van der Waals surface area contributed by atoms with Gasteiger partial charge in [0.25, 0.3) is 0 Å². The van der Waals surface area contributed by atoms with Gasteiger partial charge in [0.2, 0.25) is 0 Å². The van der Waals surface area contributed by atoms with E-state index in [9.17, 15) is 5.11 Å². The summed E-state index contributed by atoms with van der Waals surface area (Å²) in [5.74, 6) is 0.0208. The molecule has 0 radical (unpaired) electrons. The van der Waals surface area contributed by atoms with Crippen molar-refractivity contribution < 1.29 is 5.11 Å². The van der Waals surface area contributed by atoms with Crippen LogP contribution in [-0.2, 0) is 0 Å². The van der Waals surface area contributed by atoms with E-state index in [1.807, 2.05) is 36.7 Å². The van der Waals surface area contributed by atoms with Crippen LogP contribution in [0.15, 0.2) is 39.3 Å². The van der Waals surface area contributed by atoms with E-state index in [4.69, 9.17) is 16.9 Å². The van der Waals surface area contributed by atoms with Crippen LogP contribution in [0.5, 0.6) is 5.75 Å².